The topological polar surface area (TPSA) is 159 Å². The SMILES string of the molecule is CCNc1ccc2cc(Br)ccc2n1.CCNc1ccc2cc(C=O)ccc2n1.CCNc1ccc2cc(CO)ccc2n1.CCNc1ccc2cc(COC)ccc2n1.Clc1ccc2cc(Br)ccc2n1.[B].[H-].[Na+]. The molecule has 0 saturated carbocycles. The summed E-state index contributed by atoms with van der Waals surface area (Å²) in [7, 11) is 1.71. The minimum absolute atomic E-state index is 0. The number of aliphatic hydroxyl groups is 1. The molecule has 12 nitrogen and oxygen atoms in total. The van der Waals surface area contributed by atoms with Crippen LogP contribution in [0.1, 0.15) is 50.6 Å². The summed E-state index contributed by atoms with van der Waals surface area (Å²) in [6, 6.07) is 49.2. The molecule has 5 heterocycles. The summed E-state index contributed by atoms with van der Waals surface area (Å²) >= 11 is 12.6. The molecular weight excluding hydrogens is 1090 g/mol. The number of hydrogen-bond donors (Lipinski definition) is 5. The smallest absolute Gasteiger partial charge is 1.00 e. The van der Waals surface area contributed by atoms with Crippen LogP contribution in [0.4, 0.5) is 23.3 Å². The molecule has 10 rings (SSSR count). The van der Waals surface area contributed by atoms with Gasteiger partial charge in [0.15, 0.2) is 0 Å². The zero-order chi connectivity index (χ0) is 51.2. The third-order valence-corrected chi connectivity index (χ3v) is 11.7. The molecule has 0 amide bonds. The number of carbonyl (C=O) groups is 1. The van der Waals surface area contributed by atoms with Crippen molar-refractivity contribution in [3.63, 3.8) is 0 Å². The number of aliphatic hydroxyl groups excluding tert-OH is 1. The van der Waals surface area contributed by atoms with Gasteiger partial charge >= 0.3 is 29.6 Å². The molecule has 74 heavy (non-hydrogen) atoms. The average Bonchev–Trinajstić information content (AvgIpc) is 3.40. The van der Waals surface area contributed by atoms with E-state index in [1.54, 1.807) is 19.2 Å². The van der Waals surface area contributed by atoms with Gasteiger partial charge in [0.2, 0.25) is 0 Å². The normalized spacial score (nSPS) is 10.2. The predicted octanol–water partition coefficient (Wildman–Crippen LogP) is 11.3. The molecule has 5 aromatic heterocycles. The summed E-state index contributed by atoms with van der Waals surface area (Å²) in [6.07, 6.45) is 0.845. The van der Waals surface area contributed by atoms with Gasteiger partial charge in [0, 0.05) is 83.1 Å². The van der Waals surface area contributed by atoms with Gasteiger partial charge < -0.3 is 32.5 Å². The van der Waals surface area contributed by atoms with E-state index in [-0.39, 0.29) is 46.0 Å². The third kappa shape index (κ3) is 18.6. The Morgan fingerprint density at radius 1 is 0.500 bits per heavy atom. The van der Waals surface area contributed by atoms with Crippen LogP contribution in [0.25, 0.3) is 54.5 Å². The van der Waals surface area contributed by atoms with Crippen molar-refractivity contribution in [1.82, 2.24) is 24.9 Å². The van der Waals surface area contributed by atoms with Crippen molar-refractivity contribution in [1.29, 1.82) is 0 Å². The van der Waals surface area contributed by atoms with E-state index in [0.717, 1.165) is 125 Å². The van der Waals surface area contributed by atoms with E-state index >= 15 is 0 Å². The van der Waals surface area contributed by atoms with Crippen LogP contribution in [0.5, 0.6) is 0 Å². The van der Waals surface area contributed by atoms with Gasteiger partial charge in [0.05, 0.1) is 40.8 Å². The fourth-order valence-electron chi connectivity index (χ4n) is 7.21. The maximum absolute atomic E-state index is 10.6. The second-order valence-corrected chi connectivity index (χ2v) is 18.1. The van der Waals surface area contributed by atoms with Gasteiger partial charge in [-0.05, 0) is 178 Å². The largest absolute Gasteiger partial charge is 1.00 e. The van der Waals surface area contributed by atoms with Gasteiger partial charge in [0.25, 0.3) is 0 Å². The molecule has 0 spiro atoms. The molecular formula is C57H59BBr2ClN9NaO3. The zero-order valence-electron chi connectivity index (χ0n) is 43.5. The van der Waals surface area contributed by atoms with Gasteiger partial charge in [-0.15, -0.1) is 0 Å². The average molecular weight is 1150 g/mol. The maximum Gasteiger partial charge on any atom is 1.00 e. The minimum Gasteiger partial charge on any atom is -1.00 e. The van der Waals surface area contributed by atoms with Crippen LogP contribution in [-0.2, 0) is 18.0 Å². The molecule has 0 fully saturated rings. The second kappa shape index (κ2) is 31.9. The number of ether oxygens (including phenoxy) is 1. The monoisotopic (exact) mass is 1140 g/mol. The Balaban J connectivity index is 0.000000245. The first-order valence-corrected chi connectivity index (χ1v) is 25.5. The standard InChI is InChI=1S/C13H16N2O.C12H14N2O.C12H12N2O.C11H11BrN2.C9H5BrClN.B.Na.H/c1-3-14-13-7-5-11-8-10(9-16-2)4-6-12(11)15-13;2*1-2-13-12-6-4-10-7-9(8-15)3-5-11(10)14-12;1-2-13-11-6-3-8-7-9(12)4-5-10(8)14-11;10-7-2-3-8-6(5-7)1-4-9(11)12-8;;;/h4-8H,3,9H2,1-2H3,(H,14,15);3-7,15H,2,8H2,1H3,(H,13,14);3-8H,2H2,1H3,(H,13,14);3-7H,2H2,1H3,(H,13,14);1-5H;;;/q;;;;;;+1;-1. The van der Waals surface area contributed by atoms with Crippen LogP contribution in [0.3, 0.4) is 0 Å². The number of nitrogens with one attached hydrogen (secondary N) is 4. The van der Waals surface area contributed by atoms with Gasteiger partial charge in [-0.1, -0.05) is 55.6 Å². The van der Waals surface area contributed by atoms with E-state index < -0.39 is 0 Å². The number of aldehydes is 1. The third-order valence-electron chi connectivity index (χ3n) is 10.6. The molecule has 0 atom stereocenters. The molecule has 0 aliphatic rings. The molecule has 375 valence electrons. The summed E-state index contributed by atoms with van der Waals surface area (Å²) in [4.78, 5) is 32.6. The molecule has 3 radical (unpaired) electrons. The molecule has 5 aromatic carbocycles. The number of halogens is 3. The first-order chi connectivity index (χ1) is 35.0. The van der Waals surface area contributed by atoms with E-state index in [1.165, 1.54) is 5.56 Å². The Morgan fingerprint density at radius 2 is 0.851 bits per heavy atom. The van der Waals surface area contributed by atoms with E-state index in [0.29, 0.717) is 17.3 Å². The first-order valence-electron chi connectivity index (χ1n) is 23.5. The predicted molar refractivity (Wildman–Crippen MR) is 315 cm³/mol. The van der Waals surface area contributed by atoms with Gasteiger partial charge in [-0.25, -0.2) is 24.9 Å². The minimum atomic E-state index is 0. The quantitative estimate of drug-likeness (QED) is 0.0449. The first kappa shape index (κ1) is 60.8. The van der Waals surface area contributed by atoms with Gasteiger partial charge in [-0.2, -0.15) is 0 Å². The number of fused-ring (bicyclic) bond motifs is 5. The zero-order valence-corrected chi connectivity index (χ0v) is 48.4. The van der Waals surface area contributed by atoms with Crippen LogP contribution < -0.4 is 50.8 Å². The summed E-state index contributed by atoms with van der Waals surface area (Å²) in [5.74, 6) is 3.61. The molecule has 0 bridgehead atoms. The van der Waals surface area contributed by atoms with Crippen LogP contribution in [0.2, 0.25) is 5.15 Å². The number of pyridine rings is 5. The van der Waals surface area contributed by atoms with E-state index in [2.05, 4.69) is 122 Å². The van der Waals surface area contributed by atoms with Crippen molar-refractivity contribution in [3.8, 4) is 0 Å². The number of rotatable bonds is 12. The Kier molecular flexibility index (Phi) is 26.2. The number of aromatic nitrogens is 5. The van der Waals surface area contributed by atoms with Crippen molar-refractivity contribution in [2.75, 3.05) is 54.6 Å². The summed E-state index contributed by atoms with van der Waals surface area (Å²) in [5, 5.41) is 27.7. The van der Waals surface area contributed by atoms with Gasteiger partial charge in [0.1, 0.15) is 34.7 Å². The Labute approximate surface area is 480 Å². The molecule has 0 saturated heterocycles. The fourth-order valence-corrected chi connectivity index (χ4v) is 8.12. The number of benzene rings is 5. The Morgan fingerprint density at radius 3 is 1.26 bits per heavy atom. The van der Waals surface area contributed by atoms with Crippen LogP contribution in [0, 0.1) is 0 Å². The van der Waals surface area contributed by atoms with Crippen LogP contribution >= 0.6 is 43.5 Å². The second-order valence-electron chi connectivity index (χ2n) is 15.9. The Hall–Kier alpha value is -5.75. The number of anilines is 4. The molecule has 5 N–H and O–H groups in total. The number of carbonyl (C=O) groups excluding carboxylic acids is 1. The summed E-state index contributed by atoms with van der Waals surface area (Å²) < 4.78 is 7.25. The maximum atomic E-state index is 10.6. The number of methoxy groups -OCH3 is 1. The number of nitrogens with zero attached hydrogens (tertiary/aromatic N) is 5. The Bertz CT molecular complexity index is 3300. The molecule has 17 heteroatoms. The van der Waals surface area contributed by atoms with Crippen molar-refractivity contribution in [2.45, 2.75) is 40.9 Å². The molecule has 0 aliphatic carbocycles. The van der Waals surface area contributed by atoms with Crippen molar-refractivity contribution < 1.29 is 45.6 Å². The van der Waals surface area contributed by atoms with E-state index in [4.69, 9.17) is 21.4 Å². The van der Waals surface area contributed by atoms with Crippen molar-refractivity contribution >= 4 is 136 Å². The number of hydrogen-bond acceptors (Lipinski definition) is 12. The fraction of sp³-hybridized carbons (Fsp3) is 0.193. The summed E-state index contributed by atoms with van der Waals surface area (Å²) in [5.41, 5.74) is 7.58. The van der Waals surface area contributed by atoms with E-state index in [9.17, 15) is 4.79 Å². The van der Waals surface area contributed by atoms with E-state index in [1.807, 2.05) is 123 Å². The molecule has 0 unspecified atom stereocenters. The summed E-state index contributed by atoms with van der Waals surface area (Å²) in [6.45, 7) is 12.4. The van der Waals surface area contributed by atoms with Crippen LogP contribution in [-0.4, -0.2) is 78.0 Å². The molecule has 0 aliphatic heterocycles. The van der Waals surface area contributed by atoms with Crippen molar-refractivity contribution in [2.24, 2.45) is 0 Å². The van der Waals surface area contributed by atoms with Crippen LogP contribution in [0.15, 0.2) is 161 Å². The molecule has 10 aromatic rings. The van der Waals surface area contributed by atoms with Crippen molar-refractivity contribution in [3.05, 3.63) is 182 Å². The van der Waals surface area contributed by atoms with Gasteiger partial charge in [-0.3, -0.25) is 4.79 Å².